The number of fused-ring (bicyclic) bond motifs is 1. The zero-order valence-electron chi connectivity index (χ0n) is 16.7. The molecule has 1 N–H and O–H groups in total. The van der Waals surface area contributed by atoms with Crippen molar-refractivity contribution in [2.24, 2.45) is 0 Å². The average Bonchev–Trinajstić information content (AvgIpc) is 3.26. The average molecular weight is 586 g/mol. The van der Waals surface area contributed by atoms with E-state index in [9.17, 15) is 18.0 Å². The first-order chi connectivity index (χ1) is 15.4. The van der Waals surface area contributed by atoms with Gasteiger partial charge in [-0.2, -0.15) is 13.1 Å². The van der Waals surface area contributed by atoms with Crippen molar-refractivity contribution in [3.63, 3.8) is 0 Å². The fourth-order valence-electron chi connectivity index (χ4n) is 3.54. The quantitative estimate of drug-likeness (QED) is 0.349. The lowest BCUT2D eigenvalue weighted by Gasteiger charge is -2.32. The van der Waals surface area contributed by atoms with Gasteiger partial charge in [-0.3, -0.25) is 9.59 Å². The maximum Gasteiger partial charge on any atom is 0.324 e. The summed E-state index contributed by atoms with van der Waals surface area (Å²) in [6.45, 7) is -0.314. The zero-order chi connectivity index (χ0) is 22.7. The number of anilines is 1. The number of hydrogen-bond donors (Lipinski definition) is 1. The van der Waals surface area contributed by atoms with Crippen LogP contribution in [0.15, 0.2) is 47.4 Å². The summed E-state index contributed by atoms with van der Waals surface area (Å²) in [4.78, 5) is 25.0. The van der Waals surface area contributed by atoms with Crippen LogP contribution >= 0.6 is 34.3 Å². The molecule has 1 amide bonds. The van der Waals surface area contributed by atoms with Crippen molar-refractivity contribution in [1.82, 2.24) is 13.1 Å². The van der Waals surface area contributed by atoms with Gasteiger partial charge in [-0.05, 0) is 72.2 Å². The maximum atomic E-state index is 13.4. The Labute approximate surface area is 202 Å². The fraction of sp³-hybridized carbons (Fsp3) is 0.300. The van der Waals surface area contributed by atoms with E-state index < -0.39 is 34.5 Å². The Morgan fingerprint density at radius 3 is 2.81 bits per heavy atom. The van der Waals surface area contributed by atoms with Crippen molar-refractivity contribution in [2.75, 3.05) is 18.5 Å². The first kappa shape index (κ1) is 23.0. The number of amides is 1. The molecule has 0 saturated carbocycles. The minimum absolute atomic E-state index is 0.0138. The van der Waals surface area contributed by atoms with Crippen molar-refractivity contribution in [3.8, 4) is 0 Å². The second-order valence-electron chi connectivity index (χ2n) is 7.18. The van der Waals surface area contributed by atoms with Gasteiger partial charge in [-0.15, -0.1) is 0 Å². The highest BCUT2D eigenvalue weighted by Gasteiger charge is 2.39. The van der Waals surface area contributed by atoms with Gasteiger partial charge in [0.15, 0.2) is 6.61 Å². The number of carbonyl (C=O) groups is 2. The largest absolute Gasteiger partial charge is 0.454 e. The van der Waals surface area contributed by atoms with Crippen LogP contribution in [-0.4, -0.2) is 52.5 Å². The number of aromatic nitrogens is 2. The molecule has 1 unspecified atom stereocenters. The molecule has 168 valence electrons. The SMILES string of the molecule is O=C(COC(=O)C1CCCCN1S(=O)(=O)c1cccc2nsnc12)Nc1cccc(I)c1. The van der Waals surface area contributed by atoms with Crippen LogP contribution in [0.5, 0.6) is 0 Å². The molecular weight excluding hydrogens is 567 g/mol. The lowest BCUT2D eigenvalue weighted by atomic mass is 10.1. The minimum atomic E-state index is -4.01. The van der Waals surface area contributed by atoms with E-state index in [4.69, 9.17) is 4.74 Å². The second-order valence-corrected chi connectivity index (χ2v) is 10.8. The topological polar surface area (TPSA) is 119 Å². The van der Waals surface area contributed by atoms with E-state index in [1.165, 1.54) is 6.07 Å². The van der Waals surface area contributed by atoms with Gasteiger partial charge in [0.25, 0.3) is 5.91 Å². The molecule has 0 radical (unpaired) electrons. The summed E-state index contributed by atoms with van der Waals surface area (Å²) in [5.74, 6) is -1.24. The Bertz CT molecular complexity index is 1260. The Morgan fingerprint density at radius 1 is 1.19 bits per heavy atom. The maximum absolute atomic E-state index is 13.4. The molecule has 1 atom stereocenters. The van der Waals surface area contributed by atoms with Gasteiger partial charge in [0, 0.05) is 15.8 Å². The molecule has 0 aliphatic carbocycles. The highest BCUT2D eigenvalue weighted by atomic mass is 127. The van der Waals surface area contributed by atoms with Crippen LogP contribution in [0.2, 0.25) is 0 Å². The van der Waals surface area contributed by atoms with Crippen molar-refractivity contribution in [3.05, 3.63) is 46.0 Å². The predicted molar refractivity (Wildman–Crippen MR) is 128 cm³/mol. The summed E-state index contributed by atoms with van der Waals surface area (Å²) in [6, 6.07) is 10.9. The van der Waals surface area contributed by atoms with E-state index in [1.807, 2.05) is 6.07 Å². The van der Waals surface area contributed by atoms with Gasteiger partial charge in [-0.25, -0.2) is 8.42 Å². The molecule has 2 aromatic carbocycles. The number of esters is 1. The summed E-state index contributed by atoms with van der Waals surface area (Å²) in [7, 11) is -4.01. The summed E-state index contributed by atoms with van der Waals surface area (Å²) in [5, 5.41) is 2.66. The molecule has 2 heterocycles. The lowest BCUT2D eigenvalue weighted by molar-refractivity contribution is -0.152. The van der Waals surface area contributed by atoms with E-state index in [0.717, 1.165) is 19.6 Å². The molecule has 1 aliphatic rings. The third-order valence-corrected chi connectivity index (χ3v) is 8.17. The summed E-state index contributed by atoms with van der Waals surface area (Å²) < 4.78 is 42.3. The van der Waals surface area contributed by atoms with Crippen molar-refractivity contribution < 1.29 is 22.7 Å². The smallest absolute Gasteiger partial charge is 0.324 e. The Hall–Kier alpha value is -2.16. The summed E-state index contributed by atoms with van der Waals surface area (Å²) in [5.41, 5.74) is 1.36. The van der Waals surface area contributed by atoms with Crippen molar-refractivity contribution in [1.29, 1.82) is 0 Å². The summed E-state index contributed by atoms with van der Waals surface area (Å²) >= 11 is 3.06. The number of carbonyl (C=O) groups excluding carboxylic acids is 2. The van der Waals surface area contributed by atoms with Gasteiger partial charge in [-0.1, -0.05) is 12.1 Å². The van der Waals surface area contributed by atoms with E-state index in [1.54, 1.807) is 30.3 Å². The van der Waals surface area contributed by atoms with Crippen molar-refractivity contribution in [2.45, 2.75) is 30.2 Å². The number of rotatable bonds is 6. The van der Waals surface area contributed by atoms with Gasteiger partial charge >= 0.3 is 5.97 Å². The normalized spacial score (nSPS) is 17.2. The van der Waals surface area contributed by atoms with Gasteiger partial charge in [0.1, 0.15) is 22.0 Å². The third kappa shape index (κ3) is 4.92. The minimum Gasteiger partial charge on any atom is -0.454 e. The molecule has 4 rings (SSSR count). The molecule has 32 heavy (non-hydrogen) atoms. The number of halogens is 1. The van der Waals surface area contributed by atoms with E-state index in [-0.39, 0.29) is 17.0 Å². The zero-order valence-corrected chi connectivity index (χ0v) is 20.5. The number of nitrogens with zero attached hydrogens (tertiary/aromatic N) is 3. The molecule has 3 aromatic rings. The van der Waals surface area contributed by atoms with Crippen LogP contribution in [0.1, 0.15) is 19.3 Å². The molecular formula is C20H19IN4O5S2. The molecule has 1 fully saturated rings. The molecule has 12 heteroatoms. The molecule has 0 spiro atoms. The molecule has 1 aromatic heterocycles. The Balaban J connectivity index is 1.47. The molecule has 0 bridgehead atoms. The number of ether oxygens (including phenoxy) is 1. The fourth-order valence-corrected chi connectivity index (χ4v) is 6.48. The molecule has 1 saturated heterocycles. The number of hydrogen-bond acceptors (Lipinski definition) is 8. The van der Waals surface area contributed by atoms with E-state index >= 15 is 0 Å². The standard InChI is InChI=1S/C20H19IN4O5S2/c21-13-5-3-6-14(11-13)22-18(26)12-30-20(27)16-8-1-2-10-25(16)32(28,29)17-9-4-7-15-19(17)24-31-23-15/h3-7,9,11,16H,1-2,8,10,12H2,(H,22,26). The van der Waals surface area contributed by atoms with Crippen LogP contribution in [-0.2, 0) is 24.3 Å². The molecule has 1 aliphatic heterocycles. The highest BCUT2D eigenvalue weighted by Crippen LogP contribution is 2.29. The third-order valence-electron chi connectivity index (χ3n) is 5.02. The Kier molecular flexibility index (Phi) is 7.02. The van der Waals surface area contributed by atoms with Gasteiger partial charge in [0.2, 0.25) is 10.0 Å². The van der Waals surface area contributed by atoms with Gasteiger partial charge < -0.3 is 10.1 Å². The monoisotopic (exact) mass is 586 g/mol. The summed E-state index contributed by atoms with van der Waals surface area (Å²) in [6.07, 6.45) is 1.63. The second kappa shape index (κ2) is 9.77. The number of nitrogens with one attached hydrogen (secondary N) is 1. The van der Waals surface area contributed by atoms with E-state index in [2.05, 4.69) is 36.7 Å². The highest BCUT2D eigenvalue weighted by molar-refractivity contribution is 14.1. The van der Waals surface area contributed by atoms with Crippen molar-refractivity contribution >= 4 is 72.9 Å². The first-order valence-corrected chi connectivity index (χ1v) is 13.1. The molecule has 9 nitrogen and oxygen atoms in total. The number of benzene rings is 2. The van der Waals surface area contributed by atoms with Crippen LogP contribution < -0.4 is 5.32 Å². The predicted octanol–water partition coefficient (Wildman–Crippen LogP) is 3.02. The lowest BCUT2D eigenvalue weighted by Crippen LogP contribution is -2.48. The van der Waals surface area contributed by atoms with Crippen LogP contribution in [0.3, 0.4) is 0 Å². The Morgan fingerprint density at radius 2 is 2.00 bits per heavy atom. The van der Waals surface area contributed by atoms with Crippen LogP contribution in [0.25, 0.3) is 11.0 Å². The van der Waals surface area contributed by atoms with E-state index in [0.29, 0.717) is 30.5 Å². The van der Waals surface area contributed by atoms with Crippen LogP contribution in [0, 0.1) is 3.57 Å². The number of piperidine rings is 1. The van der Waals surface area contributed by atoms with Crippen LogP contribution in [0.4, 0.5) is 5.69 Å². The van der Waals surface area contributed by atoms with Gasteiger partial charge in [0.05, 0.1) is 11.7 Å². The first-order valence-electron chi connectivity index (χ1n) is 9.81. The number of sulfonamides is 1.